The van der Waals surface area contributed by atoms with Gasteiger partial charge in [-0.3, -0.25) is 18.9 Å². The number of benzene rings is 2. The zero-order valence-electron chi connectivity index (χ0n) is 32.5. The molecule has 0 radical (unpaired) electrons. The molecule has 0 aliphatic carbocycles. The molecule has 16 nitrogen and oxygen atoms in total. The van der Waals surface area contributed by atoms with Crippen LogP contribution >= 0.6 is 7.75 Å². The van der Waals surface area contributed by atoms with Gasteiger partial charge in [0.05, 0.1) is 30.7 Å². The summed E-state index contributed by atoms with van der Waals surface area (Å²) in [5.41, 5.74) is 4.35. The van der Waals surface area contributed by atoms with Crippen molar-refractivity contribution in [2.45, 2.75) is 91.3 Å². The van der Waals surface area contributed by atoms with E-state index in [0.29, 0.717) is 5.52 Å². The molecule has 0 saturated carbocycles. The van der Waals surface area contributed by atoms with Crippen molar-refractivity contribution in [3.8, 4) is 11.8 Å². The molecule has 2 aromatic heterocycles. The highest BCUT2D eigenvalue weighted by atomic mass is 31.2. The van der Waals surface area contributed by atoms with E-state index < -0.39 is 74.1 Å². The van der Waals surface area contributed by atoms with Crippen molar-refractivity contribution in [1.29, 1.82) is 5.26 Å². The lowest BCUT2D eigenvalue weighted by molar-refractivity contribution is -0.173. The number of carbonyl (C=O) groups excluding carboxylic acids is 3. The first-order chi connectivity index (χ1) is 26.6. The van der Waals surface area contributed by atoms with Gasteiger partial charge in [0.1, 0.15) is 35.8 Å². The molecule has 4 aromatic rings. The Morgan fingerprint density at radius 2 is 1.66 bits per heavy atom. The van der Waals surface area contributed by atoms with Crippen LogP contribution in [0.15, 0.2) is 60.9 Å². The number of nitrogens with two attached hydrogens (primary N) is 1. The third kappa shape index (κ3) is 9.13. The van der Waals surface area contributed by atoms with Crippen LogP contribution in [0.3, 0.4) is 0 Å². The molecule has 5 rings (SSSR count). The van der Waals surface area contributed by atoms with Gasteiger partial charge in [-0.25, -0.2) is 14.1 Å². The Kier molecular flexibility index (Phi) is 13.4. The number of aromatic nitrogens is 3. The zero-order valence-corrected chi connectivity index (χ0v) is 33.4. The van der Waals surface area contributed by atoms with Crippen molar-refractivity contribution in [2.24, 2.45) is 17.8 Å². The van der Waals surface area contributed by atoms with E-state index in [9.17, 15) is 24.2 Å². The van der Waals surface area contributed by atoms with Gasteiger partial charge in [-0.15, -0.1) is 0 Å². The summed E-state index contributed by atoms with van der Waals surface area (Å²) >= 11 is 0. The quantitative estimate of drug-likeness (QED) is 0.0725. The Balaban J connectivity index is 1.54. The maximum atomic E-state index is 14.8. The van der Waals surface area contributed by atoms with Crippen molar-refractivity contribution in [3.63, 3.8) is 0 Å². The molecular weight excluding hydrogens is 743 g/mol. The number of nitrogens with zero attached hydrogens (tertiary/aromatic N) is 4. The molecule has 1 aliphatic rings. The summed E-state index contributed by atoms with van der Waals surface area (Å²) in [4.78, 5) is 43.7. The van der Waals surface area contributed by atoms with Crippen molar-refractivity contribution < 1.29 is 46.9 Å². The Labute approximate surface area is 325 Å². The van der Waals surface area contributed by atoms with Crippen molar-refractivity contribution >= 4 is 47.8 Å². The first-order valence-electron chi connectivity index (χ1n) is 18.6. The zero-order chi connectivity index (χ0) is 40.8. The van der Waals surface area contributed by atoms with Crippen LogP contribution in [0, 0.1) is 29.1 Å². The molecule has 0 amide bonds. The summed E-state index contributed by atoms with van der Waals surface area (Å²) in [6, 6.07) is 16.5. The third-order valence-electron chi connectivity index (χ3n) is 9.55. The number of hydrogen-bond donors (Lipinski definition) is 2. The van der Waals surface area contributed by atoms with E-state index in [-0.39, 0.29) is 29.8 Å². The molecule has 6 atom stereocenters. The number of esters is 3. The van der Waals surface area contributed by atoms with E-state index in [1.54, 1.807) is 52.0 Å². The number of nitrogen functional groups attached to an aromatic ring is 1. The van der Waals surface area contributed by atoms with Gasteiger partial charge in [-0.1, -0.05) is 84.7 Å². The predicted octanol–water partition coefficient (Wildman–Crippen LogP) is 5.88. The van der Waals surface area contributed by atoms with E-state index in [4.69, 9.17) is 33.7 Å². The number of hydrogen-bond acceptors (Lipinski definition) is 14. The number of rotatable bonds is 17. The normalized spacial score (nSPS) is 21.2. The molecule has 1 unspecified atom stereocenters. The number of fused-ring (bicyclic) bond motifs is 2. The van der Waals surface area contributed by atoms with Crippen LogP contribution in [-0.4, -0.2) is 70.1 Å². The van der Waals surface area contributed by atoms with Gasteiger partial charge < -0.3 is 29.2 Å². The standard InChI is InChI=1S/C39H49N6O10P/c1-8-26(9-2)19-50-38(48)25(7)44-56(49,55-29-15-14-27-12-10-11-13-28(27)18-29)51-20-31-33(52-36(46)23(3)4)34(53-37(47)24(5)6)39(21-40,54-31)32-17-16-30-35(41)42-22-43-45(30)32/h10-18,22-26,31,33-34H,8-9,19-20H2,1-7H3,(H,44,49)(H2,41,42,43)/t25-,31+,33+,34+,39-,56?/m0/s1. The molecule has 3 heterocycles. The number of nitrogens with one attached hydrogen (secondary N) is 1. The van der Waals surface area contributed by atoms with E-state index in [1.807, 2.05) is 38.1 Å². The lowest BCUT2D eigenvalue weighted by Crippen LogP contribution is -2.47. The average molecular weight is 793 g/mol. The molecule has 0 spiro atoms. The minimum absolute atomic E-state index is 0.0845. The predicted molar refractivity (Wildman–Crippen MR) is 205 cm³/mol. The number of ether oxygens (including phenoxy) is 4. The highest BCUT2D eigenvalue weighted by molar-refractivity contribution is 7.52. The summed E-state index contributed by atoms with van der Waals surface area (Å²) in [5, 5.41) is 19.6. The maximum absolute atomic E-state index is 14.8. The Morgan fingerprint density at radius 3 is 2.32 bits per heavy atom. The summed E-state index contributed by atoms with van der Waals surface area (Å²) < 4.78 is 52.1. The molecule has 1 fully saturated rings. The lowest BCUT2D eigenvalue weighted by atomic mass is 9.92. The molecule has 17 heteroatoms. The van der Waals surface area contributed by atoms with E-state index in [2.05, 4.69) is 21.2 Å². The van der Waals surface area contributed by atoms with Crippen LogP contribution in [0.2, 0.25) is 0 Å². The van der Waals surface area contributed by atoms with Crippen LogP contribution in [0.1, 0.15) is 67.0 Å². The highest BCUT2D eigenvalue weighted by Gasteiger charge is 2.63. The molecule has 0 bridgehead atoms. The number of carbonyl (C=O) groups is 3. The molecular formula is C39H49N6O10P. The topological polar surface area (TPSA) is 216 Å². The van der Waals surface area contributed by atoms with Gasteiger partial charge in [0.15, 0.2) is 18.0 Å². The minimum Gasteiger partial charge on any atom is -0.464 e. The summed E-state index contributed by atoms with van der Waals surface area (Å²) in [6.45, 7) is 11.4. The Morgan fingerprint density at radius 1 is 0.982 bits per heavy atom. The molecule has 2 aromatic carbocycles. The Hall–Kier alpha value is -5.07. The van der Waals surface area contributed by atoms with Crippen LogP contribution < -0.4 is 15.3 Å². The fourth-order valence-electron chi connectivity index (χ4n) is 6.10. The van der Waals surface area contributed by atoms with Crippen molar-refractivity contribution in [1.82, 2.24) is 19.7 Å². The van der Waals surface area contributed by atoms with Crippen LogP contribution in [0.25, 0.3) is 16.3 Å². The van der Waals surface area contributed by atoms with E-state index in [1.165, 1.54) is 23.8 Å². The second-order valence-corrected chi connectivity index (χ2v) is 16.0. The minimum atomic E-state index is -4.55. The average Bonchev–Trinajstić information content (AvgIpc) is 3.74. The highest BCUT2D eigenvalue weighted by Crippen LogP contribution is 2.49. The number of anilines is 1. The van der Waals surface area contributed by atoms with Gasteiger partial charge in [-0.05, 0) is 47.9 Å². The van der Waals surface area contributed by atoms with Crippen LogP contribution in [0.4, 0.5) is 5.82 Å². The SMILES string of the molecule is CCC(CC)COC(=O)[C@H](C)NP(=O)(OC[C@H]1O[C@@](C#N)(c2ccc3c(N)ncnn23)[C@H](OC(=O)C(C)C)[C@@H]1OC(=O)C(C)C)Oc1ccc2ccccc2c1. The summed E-state index contributed by atoms with van der Waals surface area (Å²) in [6.07, 6.45) is -1.67. The van der Waals surface area contributed by atoms with Crippen LogP contribution in [0.5, 0.6) is 5.75 Å². The molecule has 300 valence electrons. The van der Waals surface area contributed by atoms with Gasteiger partial charge in [-0.2, -0.15) is 15.4 Å². The fourth-order valence-corrected chi connectivity index (χ4v) is 7.59. The van der Waals surface area contributed by atoms with Crippen LogP contribution in [-0.2, 0) is 48.0 Å². The number of nitriles is 1. The van der Waals surface area contributed by atoms with Crippen molar-refractivity contribution in [3.05, 3.63) is 66.6 Å². The summed E-state index contributed by atoms with van der Waals surface area (Å²) in [5.74, 6) is -3.00. The third-order valence-corrected chi connectivity index (χ3v) is 11.2. The molecule has 3 N–H and O–H groups in total. The molecule has 1 aliphatic heterocycles. The smallest absolute Gasteiger partial charge is 0.459 e. The monoisotopic (exact) mass is 792 g/mol. The fraction of sp³-hybridized carbons (Fsp3) is 0.487. The largest absolute Gasteiger partial charge is 0.464 e. The van der Waals surface area contributed by atoms with Gasteiger partial charge in [0.2, 0.25) is 5.60 Å². The second kappa shape index (κ2) is 17.8. The second-order valence-electron chi connectivity index (χ2n) is 14.3. The van der Waals surface area contributed by atoms with Gasteiger partial charge in [0, 0.05) is 0 Å². The molecule has 56 heavy (non-hydrogen) atoms. The maximum Gasteiger partial charge on any atom is 0.459 e. The van der Waals surface area contributed by atoms with Gasteiger partial charge >= 0.3 is 25.7 Å². The van der Waals surface area contributed by atoms with E-state index >= 15 is 0 Å². The lowest BCUT2D eigenvalue weighted by Gasteiger charge is -2.29. The summed E-state index contributed by atoms with van der Waals surface area (Å²) in [7, 11) is -4.55. The first-order valence-corrected chi connectivity index (χ1v) is 20.2. The van der Waals surface area contributed by atoms with Gasteiger partial charge in [0.25, 0.3) is 0 Å². The Bertz CT molecular complexity index is 2130. The molecule has 1 saturated heterocycles. The van der Waals surface area contributed by atoms with Crippen molar-refractivity contribution in [2.75, 3.05) is 18.9 Å². The van der Waals surface area contributed by atoms with E-state index in [0.717, 1.165) is 23.6 Å². The first kappa shape index (κ1) is 42.1.